The lowest BCUT2D eigenvalue weighted by molar-refractivity contribution is -0.143. The van der Waals surface area contributed by atoms with Gasteiger partial charge in [-0.2, -0.15) is 13.2 Å². The van der Waals surface area contributed by atoms with Crippen LogP contribution in [-0.4, -0.2) is 38.3 Å². The van der Waals surface area contributed by atoms with E-state index in [4.69, 9.17) is 11.6 Å². The molecular weight excluding hydrogens is 277 g/mol. The predicted molar refractivity (Wildman–Crippen MR) is 71.4 cm³/mol. The summed E-state index contributed by atoms with van der Waals surface area (Å²) in [5.74, 6) is 0. The molecule has 1 N–H and O–H groups in total. The average molecular weight is 295 g/mol. The van der Waals surface area contributed by atoms with Crippen molar-refractivity contribution in [1.29, 1.82) is 0 Å². The molecule has 0 saturated heterocycles. The quantitative estimate of drug-likeness (QED) is 0.864. The first-order chi connectivity index (χ1) is 8.81. The van der Waals surface area contributed by atoms with E-state index < -0.39 is 12.7 Å². The standard InChI is InChI=1S/C13H18ClF3N2/c1-18-12(10-4-3-5-11(14)8-10)6-7-19(2)9-13(15,16)17/h3-5,8,12,18H,6-7,9H2,1-2H3. The van der Waals surface area contributed by atoms with E-state index in [1.165, 1.54) is 11.9 Å². The van der Waals surface area contributed by atoms with Gasteiger partial charge in [0, 0.05) is 11.1 Å². The first kappa shape index (κ1) is 16.3. The van der Waals surface area contributed by atoms with Gasteiger partial charge in [0.05, 0.1) is 6.54 Å². The minimum atomic E-state index is -4.15. The monoisotopic (exact) mass is 294 g/mol. The maximum absolute atomic E-state index is 12.2. The summed E-state index contributed by atoms with van der Waals surface area (Å²) in [6, 6.07) is 7.34. The van der Waals surface area contributed by atoms with Gasteiger partial charge in [-0.15, -0.1) is 0 Å². The summed E-state index contributed by atoms with van der Waals surface area (Å²) < 4.78 is 36.6. The minimum absolute atomic E-state index is 0.00520. The Hall–Kier alpha value is -0.780. The highest BCUT2D eigenvalue weighted by atomic mass is 35.5. The van der Waals surface area contributed by atoms with Crippen LogP contribution < -0.4 is 5.32 Å². The number of nitrogens with one attached hydrogen (secondary N) is 1. The Kier molecular flexibility index (Phi) is 6.10. The summed E-state index contributed by atoms with van der Waals surface area (Å²) in [6.07, 6.45) is -3.57. The summed E-state index contributed by atoms with van der Waals surface area (Å²) in [5.41, 5.74) is 0.982. The molecular formula is C13H18ClF3N2. The van der Waals surface area contributed by atoms with Crippen molar-refractivity contribution in [2.45, 2.75) is 18.6 Å². The van der Waals surface area contributed by atoms with E-state index in [0.29, 0.717) is 18.0 Å². The molecule has 0 saturated carbocycles. The van der Waals surface area contributed by atoms with E-state index in [0.717, 1.165) is 5.56 Å². The van der Waals surface area contributed by atoms with Crippen molar-refractivity contribution >= 4 is 11.6 Å². The molecule has 1 unspecified atom stereocenters. The Bertz CT molecular complexity index is 396. The van der Waals surface area contributed by atoms with Crippen LogP contribution in [-0.2, 0) is 0 Å². The molecule has 0 spiro atoms. The van der Waals surface area contributed by atoms with Gasteiger partial charge < -0.3 is 5.32 Å². The number of alkyl halides is 3. The van der Waals surface area contributed by atoms with Gasteiger partial charge in [-0.3, -0.25) is 4.90 Å². The number of benzene rings is 1. The van der Waals surface area contributed by atoms with Crippen LogP contribution >= 0.6 is 11.6 Å². The zero-order valence-electron chi connectivity index (χ0n) is 11.0. The normalized spacial score (nSPS) is 13.8. The van der Waals surface area contributed by atoms with Crippen LogP contribution in [0.25, 0.3) is 0 Å². The second-order valence-electron chi connectivity index (χ2n) is 4.54. The van der Waals surface area contributed by atoms with Crippen molar-refractivity contribution in [2.24, 2.45) is 0 Å². The van der Waals surface area contributed by atoms with Gasteiger partial charge in [-0.1, -0.05) is 23.7 Å². The summed E-state index contributed by atoms with van der Waals surface area (Å²) in [6.45, 7) is -0.531. The van der Waals surface area contributed by atoms with Crippen LogP contribution in [0.2, 0.25) is 5.02 Å². The maximum atomic E-state index is 12.2. The topological polar surface area (TPSA) is 15.3 Å². The average Bonchev–Trinajstić information content (AvgIpc) is 2.27. The van der Waals surface area contributed by atoms with Crippen LogP contribution in [0.1, 0.15) is 18.0 Å². The van der Waals surface area contributed by atoms with Gasteiger partial charge in [0.1, 0.15) is 0 Å². The molecule has 0 aliphatic rings. The van der Waals surface area contributed by atoms with Gasteiger partial charge >= 0.3 is 6.18 Å². The highest BCUT2D eigenvalue weighted by Crippen LogP contribution is 2.21. The molecule has 1 rings (SSSR count). The van der Waals surface area contributed by atoms with Crippen LogP contribution in [0.15, 0.2) is 24.3 Å². The number of nitrogens with zero attached hydrogens (tertiary/aromatic N) is 1. The molecule has 0 aliphatic carbocycles. The van der Waals surface area contributed by atoms with Gasteiger partial charge in [0.2, 0.25) is 0 Å². The number of hydrogen-bond donors (Lipinski definition) is 1. The molecule has 1 aromatic carbocycles. The highest BCUT2D eigenvalue weighted by Gasteiger charge is 2.29. The Morgan fingerprint density at radius 3 is 2.58 bits per heavy atom. The SMILES string of the molecule is CNC(CCN(C)CC(F)(F)F)c1cccc(Cl)c1. The molecule has 0 aliphatic heterocycles. The van der Waals surface area contributed by atoms with E-state index in [1.54, 1.807) is 13.1 Å². The second-order valence-corrected chi connectivity index (χ2v) is 4.97. The lowest BCUT2D eigenvalue weighted by atomic mass is 10.0. The van der Waals surface area contributed by atoms with Crippen LogP contribution in [0.4, 0.5) is 13.2 Å². The Labute approximate surface area is 116 Å². The number of rotatable bonds is 6. The lowest BCUT2D eigenvalue weighted by Gasteiger charge is -2.22. The van der Waals surface area contributed by atoms with Gasteiger partial charge in [0.25, 0.3) is 0 Å². The minimum Gasteiger partial charge on any atom is -0.313 e. The van der Waals surface area contributed by atoms with Gasteiger partial charge in [-0.25, -0.2) is 0 Å². The van der Waals surface area contributed by atoms with Crippen molar-refractivity contribution < 1.29 is 13.2 Å². The Morgan fingerprint density at radius 2 is 2.05 bits per heavy atom. The van der Waals surface area contributed by atoms with Crippen molar-refractivity contribution in [1.82, 2.24) is 10.2 Å². The third kappa shape index (κ3) is 6.27. The van der Waals surface area contributed by atoms with E-state index in [1.807, 2.05) is 18.2 Å². The van der Waals surface area contributed by atoms with Crippen LogP contribution in [0.5, 0.6) is 0 Å². The summed E-state index contributed by atoms with van der Waals surface area (Å²) >= 11 is 5.91. The van der Waals surface area contributed by atoms with Crippen molar-refractivity contribution in [3.8, 4) is 0 Å². The predicted octanol–water partition coefficient (Wildman–Crippen LogP) is 3.48. The molecule has 0 aromatic heterocycles. The van der Waals surface area contributed by atoms with E-state index in [9.17, 15) is 13.2 Å². The number of halogens is 4. The van der Waals surface area contributed by atoms with E-state index in [2.05, 4.69) is 5.32 Å². The third-order valence-electron chi connectivity index (χ3n) is 2.85. The Morgan fingerprint density at radius 1 is 1.37 bits per heavy atom. The fraction of sp³-hybridized carbons (Fsp3) is 0.538. The van der Waals surface area contributed by atoms with Crippen molar-refractivity contribution in [2.75, 3.05) is 27.2 Å². The zero-order valence-corrected chi connectivity index (χ0v) is 11.7. The van der Waals surface area contributed by atoms with Gasteiger partial charge in [0.15, 0.2) is 0 Å². The Balaban J connectivity index is 2.54. The molecule has 0 fully saturated rings. The molecule has 0 bridgehead atoms. The highest BCUT2D eigenvalue weighted by molar-refractivity contribution is 6.30. The largest absolute Gasteiger partial charge is 0.401 e. The van der Waals surface area contributed by atoms with Gasteiger partial charge in [-0.05, 0) is 44.8 Å². The molecule has 0 heterocycles. The smallest absolute Gasteiger partial charge is 0.313 e. The van der Waals surface area contributed by atoms with Crippen LogP contribution in [0.3, 0.4) is 0 Å². The number of hydrogen-bond acceptors (Lipinski definition) is 2. The summed E-state index contributed by atoms with van der Waals surface area (Å²) in [5, 5.41) is 3.72. The zero-order chi connectivity index (χ0) is 14.5. The second kappa shape index (κ2) is 7.12. The molecule has 0 radical (unpaired) electrons. The molecule has 0 amide bonds. The maximum Gasteiger partial charge on any atom is 0.401 e. The molecule has 1 atom stereocenters. The molecule has 19 heavy (non-hydrogen) atoms. The lowest BCUT2D eigenvalue weighted by Crippen LogP contribution is -2.33. The molecule has 6 heteroatoms. The molecule has 1 aromatic rings. The summed E-state index contributed by atoms with van der Waals surface area (Å²) in [4.78, 5) is 1.27. The van der Waals surface area contributed by atoms with E-state index in [-0.39, 0.29) is 6.04 Å². The molecule has 2 nitrogen and oxygen atoms in total. The third-order valence-corrected chi connectivity index (χ3v) is 3.08. The first-order valence-corrected chi connectivity index (χ1v) is 6.37. The summed E-state index contributed by atoms with van der Waals surface area (Å²) in [7, 11) is 3.26. The van der Waals surface area contributed by atoms with Crippen molar-refractivity contribution in [3.63, 3.8) is 0 Å². The van der Waals surface area contributed by atoms with Crippen LogP contribution in [0, 0.1) is 0 Å². The fourth-order valence-electron chi connectivity index (χ4n) is 1.94. The fourth-order valence-corrected chi connectivity index (χ4v) is 2.13. The van der Waals surface area contributed by atoms with Crippen molar-refractivity contribution in [3.05, 3.63) is 34.9 Å². The molecule has 108 valence electrons. The van der Waals surface area contributed by atoms with E-state index >= 15 is 0 Å². The first-order valence-electron chi connectivity index (χ1n) is 6.00.